The second-order valence-electron chi connectivity index (χ2n) is 38.5. The Morgan fingerprint density at radius 2 is 0.870 bits per heavy atom. The monoisotopic (exact) mass is 2300 g/mol. The molecule has 6 N–H and O–H groups in total. The van der Waals surface area contributed by atoms with Crippen molar-refractivity contribution in [2.24, 2.45) is 33.6 Å². The van der Waals surface area contributed by atoms with Gasteiger partial charge in [0.05, 0.1) is 5.34 Å². The van der Waals surface area contributed by atoms with Crippen molar-refractivity contribution in [2.45, 2.75) is 301 Å². The summed E-state index contributed by atoms with van der Waals surface area (Å²) in [6.07, 6.45) is 33.8. The van der Waals surface area contributed by atoms with Gasteiger partial charge >= 0.3 is 109 Å². The zero-order valence-electron chi connectivity index (χ0n) is 90.1. The first-order valence-corrected chi connectivity index (χ1v) is 60.1. The molecule has 1 aromatic carbocycles. The second-order valence-corrected chi connectivity index (χ2v) is 48.6. The number of aryl methyl sites for hydroxylation is 3. The van der Waals surface area contributed by atoms with E-state index in [0.29, 0.717) is 85.5 Å². The molecule has 0 spiro atoms. The number of nitrogens with zero attached hydrogens (tertiary/aromatic N) is 18. The Labute approximate surface area is 902 Å². The summed E-state index contributed by atoms with van der Waals surface area (Å²) in [6, 6.07) is 10.4. The molecule has 0 bridgehead atoms. The van der Waals surface area contributed by atoms with Gasteiger partial charge < -0.3 is 89.2 Å². The number of benzene rings is 1. The van der Waals surface area contributed by atoms with E-state index in [-0.39, 0.29) is 125 Å². The number of aromatic nitrogens is 6. The SMILES string of the molecule is C1CCOC1.CC(=O)Cl.CC(=O)O/N=C(\N)C1CCCN(C)C(=O)C1.CI.CN1CCCC(/C(N)=N/O)CC1=O.CN1CCCC=CC1=O.CN1CCCCC([Se]c2ccccc2)C1=O.CN1CCCCCC1=O.C[Si](C)(C)C.Cc1nc(C2CCCN(C)C(=O)C2)no1.Cc1nc(C2CCCN(C)C(=O)C2)no1.Cc1nc(C2CCCN(C)C(=O)C2)no1.ClCCl.O=C1CCCCCN1.[C-]#[N+]C1CCCN(C)C(=O)C1. The van der Waals surface area contributed by atoms with Crippen molar-refractivity contribution in [1.29, 1.82) is 0 Å². The van der Waals surface area contributed by atoms with Crippen molar-refractivity contribution >= 4 is 167 Å². The fourth-order valence-corrected chi connectivity index (χ4v) is 17.8. The van der Waals surface area contributed by atoms with Gasteiger partial charge in [0.25, 0.3) is 0 Å². The van der Waals surface area contributed by atoms with Gasteiger partial charge in [-0.15, -0.1) is 23.2 Å². The van der Waals surface area contributed by atoms with Crippen molar-refractivity contribution < 1.29 is 85.9 Å². The molecule has 4 aromatic rings. The third-order valence-electron chi connectivity index (χ3n) is 23.9. The Balaban J connectivity index is 0.000000799. The second kappa shape index (κ2) is 78.9. The van der Waals surface area contributed by atoms with E-state index < -0.39 is 14.0 Å². The van der Waals surface area contributed by atoms with Crippen LogP contribution in [0.5, 0.6) is 0 Å². The van der Waals surface area contributed by atoms with Gasteiger partial charge in [-0.05, 0) is 145 Å². The number of amidine groups is 2. The van der Waals surface area contributed by atoms with Crippen molar-refractivity contribution in [3.63, 3.8) is 0 Å². The number of amides is 10. The number of rotatable bonds is 8. The number of carbonyl (C=O) groups is 12. The van der Waals surface area contributed by atoms with Crippen LogP contribution in [0.1, 0.15) is 279 Å². The summed E-state index contributed by atoms with van der Waals surface area (Å²) in [5.74, 6) is 5.50. The van der Waals surface area contributed by atoms with E-state index in [2.05, 4.69) is 140 Å². The van der Waals surface area contributed by atoms with Crippen molar-refractivity contribution in [3.8, 4) is 0 Å². The molecule has 11 aliphatic rings. The third kappa shape index (κ3) is 62.9. The van der Waals surface area contributed by atoms with Gasteiger partial charge in [-0.2, -0.15) is 15.0 Å². The molecular weight excluding hydrogens is 2140 g/mol. The van der Waals surface area contributed by atoms with E-state index in [1.807, 2.05) is 69.2 Å². The number of nitrogens with one attached hydrogen (secondary N) is 1. The Bertz CT molecular complexity index is 4390. The Kier molecular flexibility index (Phi) is 72.8. The van der Waals surface area contributed by atoms with Crippen LogP contribution < -0.4 is 21.2 Å². The molecule has 15 rings (SSSR count). The summed E-state index contributed by atoms with van der Waals surface area (Å²) in [7, 11) is 15.9. The average Bonchev–Trinajstić information content (AvgIpc) is 1.73. The first-order valence-electron chi connectivity index (χ1n) is 50.6. The number of likely N-dealkylation sites (tertiary alicyclic amines) is 8. The molecule has 0 aliphatic carbocycles. The van der Waals surface area contributed by atoms with Crippen LogP contribution in [0, 0.1) is 39.2 Å². The summed E-state index contributed by atoms with van der Waals surface area (Å²) in [6.45, 7) is 34.4. The number of alkyl halides is 3. The van der Waals surface area contributed by atoms with E-state index in [1.54, 1.807) is 82.3 Å². The number of nitrogens with two attached hydrogens (primary N) is 2. The normalized spacial score (nSPS) is 21.6. The van der Waals surface area contributed by atoms with Crippen LogP contribution in [0.25, 0.3) is 4.85 Å². The van der Waals surface area contributed by atoms with Crippen molar-refractivity contribution in [1.82, 2.24) is 79.8 Å². The maximum Gasteiger partial charge on any atom is 0.232 e. The summed E-state index contributed by atoms with van der Waals surface area (Å²) in [5, 5.41) is 29.2. The molecule has 0 saturated carbocycles. The zero-order valence-corrected chi connectivity index (χ0v) is 97.3. The number of halogens is 4. The number of hydrogen-bond donors (Lipinski definition) is 4. The van der Waals surface area contributed by atoms with Gasteiger partial charge in [0, 0.05) is 252 Å². The summed E-state index contributed by atoms with van der Waals surface area (Å²) >= 11 is 16.6. The van der Waals surface area contributed by atoms with E-state index in [4.69, 9.17) is 64.8 Å². The van der Waals surface area contributed by atoms with Gasteiger partial charge in [-0.25, -0.2) is 11.4 Å². The first-order chi connectivity index (χ1) is 69.3. The van der Waals surface area contributed by atoms with Crippen LogP contribution in [0.3, 0.4) is 0 Å². The topological polar surface area (TPSA) is 483 Å². The number of carbonyl (C=O) groups excluding carboxylic acids is 12. The third-order valence-corrected chi connectivity index (χ3v) is 26.6. The standard InChI is InChI=1S/C13H17NOSe.C10H17N3O3.3C10H15N3O2.C8H15N3O2.C8H12N2O.C7H13NO.C7H11NO.C6H11NO.C4H8O.C4H12Si.C2H3ClO.CH2Cl2.CH3I/c1-14-10-6-5-9-12(13(14)15)16-11-7-3-2-4-8-11;1-7(14)16-12-10(11)8-4-3-5-13(2)9(15)6-8;3*1-7-11-10(12-15-7)8-4-3-5-13(2)9(14)6-8;1-11-4-2-3-6(5-7(11)12)8(9)10-13;1-9-7-4-3-5-10(2)8(11)6-7;2*1-8-6-4-2-3-5-7(8)9;8-6-4-2-1-3-5-7-6;1-2-4-5-3-1;1-5(2,3)4;1-2(3)4;2-1-3;1-2/h2-4,7-8,12H,5-6,9-10H2,1H3;8H,3-6H2,1-2H3,(H2,11,12);3*8H,3-6H2,1-2H3;6,13H,2-5H2,1H3,(H2,9,10);7H,3-6H2,2H3;2-6H2,1H3;3,5H,2,4,6H2,1H3;1-5H2,(H,7,8);1-4H2;1-4H3;1H3;1H2;1H3. The molecule has 10 saturated heterocycles. The summed E-state index contributed by atoms with van der Waals surface area (Å²) in [4.78, 5) is 172. The average molecular weight is 2310 g/mol. The van der Waals surface area contributed by atoms with E-state index >= 15 is 0 Å². The number of ether oxygens (including phenoxy) is 1. The minimum atomic E-state index is -0.611. The van der Waals surface area contributed by atoms with Crippen LogP contribution in [-0.2, 0) is 67.1 Å². The number of allylic oxidation sites excluding steroid dienone is 1. The Morgan fingerprint density at radius 1 is 0.500 bits per heavy atom. The van der Waals surface area contributed by atoms with Crippen LogP contribution in [0.2, 0.25) is 31.0 Å². The minimum Gasteiger partial charge on any atom is -0.356 e. The fourth-order valence-electron chi connectivity index (χ4n) is 15.3. The van der Waals surface area contributed by atoms with Gasteiger partial charge in [0.2, 0.25) is 82.1 Å². The van der Waals surface area contributed by atoms with Crippen LogP contribution in [0.15, 0.2) is 66.4 Å². The molecule has 10 fully saturated rings. The van der Waals surface area contributed by atoms with Crippen LogP contribution >= 0.6 is 57.4 Å². The molecule has 45 heteroatoms. The predicted octanol–water partition coefficient (Wildman–Crippen LogP) is 14.2. The zero-order chi connectivity index (χ0) is 110. The Hall–Kier alpha value is -9.25. The molecule has 14 heterocycles. The van der Waals surface area contributed by atoms with Crippen molar-refractivity contribution in [2.75, 3.05) is 152 Å². The van der Waals surface area contributed by atoms with Crippen molar-refractivity contribution in [3.05, 3.63) is 89.0 Å². The molecule has 7 atom stereocenters. The van der Waals surface area contributed by atoms with Gasteiger partial charge in [0.15, 0.2) is 17.5 Å². The smallest absolute Gasteiger partial charge is 0.232 e. The summed E-state index contributed by atoms with van der Waals surface area (Å²) in [5.41, 5.74) is 11.1. The predicted molar refractivity (Wildman–Crippen MR) is 581 cm³/mol. The molecule has 0 radical (unpaired) electrons. The van der Waals surface area contributed by atoms with E-state index in [0.717, 1.165) is 213 Å². The van der Waals surface area contributed by atoms with Gasteiger partial charge in [-0.1, -0.05) is 93.5 Å². The molecule has 7 unspecified atom stereocenters. The molecule has 824 valence electrons. The van der Waals surface area contributed by atoms with E-state index in [1.165, 1.54) is 56.8 Å². The molecule has 3 aromatic heterocycles. The first kappa shape index (κ1) is 135. The molecule has 39 nitrogen and oxygen atoms in total. The molecular formula is C101H169Cl3IN21O18SeSi. The van der Waals surface area contributed by atoms with Gasteiger partial charge in [-0.3, -0.25) is 47.9 Å². The number of oxime groups is 2. The minimum absolute atomic E-state index is 0.0449. The maximum atomic E-state index is 12.1. The largest absolute Gasteiger partial charge is 0.356 e. The maximum absolute atomic E-state index is 12.1. The summed E-state index contributed by atoms with van der Waals surface area (Å²) < 4.78 is 21.1. The molecule has 10 amide bonds. The number of hydrogen-bond acceptors (Lipinski definition) is 26. The molecule has 146 heavy (non-hydrogen) atoms. The fraction of sp³-hybridized carbons (Fsp3) is 0.713. The molecule has 11 aliphatic heterocycles. The van der Waals surface area contributed by atoms with Gasteiger partial charge in [0.1, 0.15) is 18.1 Å². The quantitative estimate of drug-likeness (QED) is 0.0122. The van der Waals surface area contributed by atoms with Crippen LogP contribution in [0.4, 0.5) is 0 Å². The van der Waals surface area contributed by atoms with Crippen LogP contribution in [-0.4, -0.2) is 343 Å². The number of likely N-dealkylation sites (N-methyl/N-ethyl adjacent to an activating group) is 1. The Morgan fingerprint density at radius 3 is 1.27 bits per heavy atom. The van der Waals surface area contributed by atoms with E-state index in [9.17, 15) is 57.5 Å².